The van der Waals surface area contributed by atoms with Crippen LogP contribution in [0.15, 0.2) is 51.8 Å². The largest absolute Gasteiger partial charge is 0.462 e. The number of thiocarbonyl (C=S) groups is 1. The van der Waals surface area contributed by atoms with Gasteiger partial charge in [0.25, 0.3) is 5.91 Å². The molecule has 3 nitrogen and oxygen atoms in total. The van der Waals surface area contributed by atoms with Crippen molar-refractivity contribution in [1.82, 2.24) is 4.90 Å². The lowest BCUT2D eigenvalue weighted by molar-refractivity contribution is -0.122. The van der Waals surface area contributed by atoms with Crippen LogP contribution in [-0.2, 0) is 11.2 Å². The first-order valence-corrected chi connectivity index (χ1v) is 8.72. The van der Waals surface area contributed by atoms with Crippen LogP contribution in [0.25, 0.3) is 6.08 Å². The van der Waals surface area contributed by atoms with Crippen molar-refractivity contribution in [2.24, 2.45) is 0 Å². The van der Waals surface area contributed by atoms with E-state index in [9.17, 15) is 4.79 Å². The van der Waals surface area contributed by atoms with Crippen LogP contribution in [-0.4, -0.2) is 21.7 Å². The molecule has 1 fully saturated rings. The summed E-state index contributed by atoms with van der Waals surface area (Å²) in [6.07, 6.45) is 3.60. The number of thioether (sulfide) groups is 1. The van der Waals surface area contributed by atoms with Gasteiger partial charge < -0.3 is 4.42 Å². The average molecular weight is 343 g/mol. The van der Waals surface area contributed by atoms with Gasteiger partial charge in [-0.1, -0.05) is 54.3 Å². The van der Waals surface area contributed by atoms with Crippen molar-refractivity contribution in [2.75, 3.05) is 6.54 Å². The minimum Gasteiger partial charge on any atom is -0.462 e. The number of aryl methyl sites for hydroxylation is 2. The molecule has 1 amide bonds. The normalized spacial score (nSPS) is 16.6. The van der Waals surface area contributed by atoms with E-state index in [0.717, 1.165) is 18.6 Å². The molecule has 1 aromatic heterocycles. The Labute approximate surface area is 145 Å². The van der Waals surface area contributed by atoms with E-state index in [2.05, 4.69) is 12.1 Å². The third kappa shape index (κ3) is 3.92. The first-order valence-electron chi connectivity index (χ1n) is 7.49. The van der Waals surface area contributed by atoms with Gasteiger partial charge in [0, 0.05) is 12.6 Å². The molecule has 1 aromatic carbocycles. The summed E-state index contributed by atoms with van der Waals surface area (Å²) in [4.78, 5) is 14.8. The summed E-state index contributed by atoms with van der Waals surface area (Å²) in [6.45, 7) is 2.53. The van der Waals surface area contributed by atoms with Crippen LogP contribution >= 0.6 is 24.0 Å². The number of nitrogens with zero attached hydrogens (tertiary/aromatic N) is 1. The Bertz CT molecular complexity index is 749. The van der Waals surface area contributed by atoms with Crippen molar-refractivity contribution in [3.8, 4) is 0 Å². The number of benzene rings is 1. The molecule has 0 bridgehead atoms. The van der Waals surface area contributed by atoms with Gasteiger partial charge in [-0.05, 0) is 37.5 Å². The molecule has 23 heavy (non-hydrogen) atoms. The molecule has 3 rings (SSSR count). The molecule has 0 N–H and O–H groups in total. The van der Waals surface area contributed by atoms with Gasteiger partial charge >= 0.3 is 0 Å². The zero-order chi connectivity index (χ0) is 16.2. The highest BCUT2D eigenvalue weighted by atomic mass is 32.2. The van der Waals surface area contributed by atoms with Crippen LogP contribution in [0.1, 0.15) is 23.5 Å². The van der Waals surface area contributed by atoms with Crippen molar-refractivity contribution in [3.63, 3.8) is 0 Å². The SMILES string of the molecule is Cc1ccc(C=C2SC(=S)N(CCCc3ccccc3)C2=O)o1. The van der Waals surface area contributed by atoms with Crippen molar-refractivity contribution in [1.29, 1.82) is 0 Å². The van der Waals surface area contributed by atoms with Gasteiger partial charge in [-0.3, -0.25) is 9.69 Å². The molecule has 0 unspecified atom stereocenters. The number of carbonyl (C=O) groups is 1. The zero-order valence-electron chi connectivity index (χ0n) is 12.8. The van der Waals surface area contributed by atoms with E-state index in [1.165, 1.54) is 17.3 Å². The summed E-state index contributed by atoms with van der Waals surface area (Å²) in [7, 11) is 0. The predicted octanol–water partition coefficient (Wildman–Crippen LogP) is 4.42. The maximum atomic E-state index is 12.5. The van der Waals surface area contributed by atoms with Crippen molar-refractivity contribution in [2.45, 2.75) is 19.8 Å². The average Bonchev–Trinajstić information content (AvgIpc) is 3.06. The van der Waals surface area contributed by atoms with Crippen molar-refractivity contribution < 1.29 is 9.21 Å². The van der Waals surface area contributed by atoms with E-state index in [0.29, 0.717) is 21.5 Å². The molecular weight excluding hydrogens is 326 g/mol. The van der Waals surface area contributed by atoms with E-state index in [1.54, 1.807) is 11.0 Å². The number of carbonyl (C=O) groups excluding carboxylic acids is 1. The van der Waals surface area contributed by atoms with E-state index in [1.807, 2.05) is 37.3 Å². The standard InChI is InChI=1S/C18H17NO2S2/c1-13-9-10-15(21-13)12-16-17(20)19(18(22)23-16)11-5-8-14-6-3-2-4-7-14/h2-4,6-7,9-10,12H,5,8,11H2,1H3. The minimum absolute atomic E-state index is 0.0258. The molecule has 1 saturated heterocycles. The molecule has 2 aromatic rings. The van der Waals surface area contributed by atoms with Crippen LogP contribution in [0.3, 0.4) is 0 Å². The Morgan fingerprint density at radius 2 is 2.00 bits per heavy atom. The Hall–Kier alpha value is -1.85. The summed E-state index contributed by atoms with van der Waals surface area (Å²) in [5.74, 6) is 1.49. The zero-order valence-corrected chi connectivity index (χ0v) is 14.5. The number of hydrogen-bond donors (Lipinski definition) is 0. The molecule has 2 heterocycles. The first-order chi connectivity index (χ1) is 11.1. The number of furan rings is 1. The Kier molecular flexibility index (Phi) is 4.98. The van der Waals surface area contributed by atoms with E-state index in [4.69, 9.17) is 16.6 Å². The molecule has 1 aliphatic rings. The van der Waals surface area contributed by atoms with Gasteiger partial charge in [0.15, 0.2) is 0 Å². The van der Waals surface area contributed by atoms with Crippen LogP contribution in [0.4, 0.5) is 0 Å². The second kappa shape index (κ2) is 7.15. The number of hydrogen-bond acceptors (Lipinski definition) is 4. The van der Waals surface area contributed by atoms with Gasteiger partial charge in [0.05, 0.1) is 4.91 Å². The Morgan fingerprint density at radius 1 is 1.22 bits per heavy atom. The highest BCUT2D eigenvalue weighted by Crippen LogP contribution is 2.32. The fraction of sp³-hybridized carbons (Fsp3) is 0.222. The lowest BCUT2D eigenvalue weighted by atomic mass is 10.1. The monoisotopic (exact) mass is 343 g/mol. The second-order valence-electron chi connectivity index (χ2n) is 5.37. The molecule has 0 radical (unpaired) electrons. The third-order valence-electron chi connectivity index (χ3n) is 3.60. The van der Waals surface area contributed by atoms with Crippen LogP contribution in [0, 0.1) is 6.92 Å². The molecule has 0 aliphatic carbocycles. The van der Waals surface area contributed by atoms with E-state index >= 15 is 0 Å². The highest BCUT2D eigenvalue weighted by Gasteiger charge is 2.31. The van der Waals surface area contributed by atoms with Crippen molar-refractivity contribution in [3.05, 3.63) is 64.5 Å². The Balaban J connectivity index is 1.61. The third-order valence-corrected chi connectivity index (χ3v) is 4.98. The predicted molar refractivity (Wildman–Crippen MR) is 98.1 cm³/mol. The van der Waals surface area contributed by atoms with E-state index in [-0.39, 0.29) is 5.91 Å². The molecule has 0 saturated carbocycles. The topological polar surface area (TPSA) is 33.5 Å². The number of amides is 1. The second-order valence-corrected chi connectivity index (χ2v) is 7.05. The lowest BCUT2D eigenvalue weighted by Crippen LogP contribution is -2.29. The maximum Gasteiger partial charge on any atom is 0.266 e. The molecular formula is C18H17NO2S2. The van der Waals surface area contributed by atoms with Crippen LogP contribution < -0.4 is 0 Å². The quantitative estimate of drug-likeness (QED) is 0.594. The van der Waals surface area contributed by atoms with Crippen LogP contribution in [0.5, 0.6) is 0 Å². The highest BCUT2D eigenvalue weighted by molar-refractivity contribution is 8.26. The van der Waals surface area contributed by atoms with Gasteiger partial charge in [0.1, 0.15) is 15.8 Å². The molecule has 0 atom stereocenters. The summed E-state index contributed by atoms with van der Waals surface area (Å²) >= 11 is 6.68. The summed E-state index contributed by atoms with van der Waals surface area (Å²) < 4.78 is 6.12. The summed E-state index contributed by atoms with van der Waals surface area (Å²) in [5, 5.41) is 0. The summed E-state index contributed by atoms with van der Waals surface area (Å²) in [5.41, 5.74) is 1.28. The Morgan fingerprint density at radius 3 is 2.70 bits per heavy atom. The fourth-order valence-electron chi connectivity index (χ4n) is 2.44. The lowest BCUT2D eigenvalue weighted by Gasteiger charge is -2.14. The molecule has 5 heteroatoms. The van der Waals surface area contributed by atoms with Gasteiger partial charge in [-0.2, -0.15) is 0 Å². The van der Waals surface area contributed by atoms with Crippen LogP contribution in [0.2, 0.25) is 0 Å². The fourth-order valence-corrected chi connectivity index (χ4v) is 3.73. The molecule has 1 aliphatic heterocycles. The molecule has 0 spiro atoms. The minimum atomic E-state index is -0.0258. The smallest absolute Gasteiger partial charge is 0.266 e. The van der Waals surface area contributed by atoms with Gasteiger partial charge in [-0.25, -0.2) is 0 Å². The maximum absolute atomic E-state index is 12.5. The number of rotatable bonds is 5. The van der Waals surface area contributed by atoms with Gasteiger partial charge in [-0.15, -0.1) is 0 Å². The first kappa shape index (κ1) is 16.0. The van der Waals surface area contributed by atoms with Crippen molar-refractivity contribution >= 4 is 40.3 Å². The molecule has 118 valence electrons. The summed E-state index contributed by atoms with van der Waals surface area (Å²) in [6, 6.07) is 14.0. The van der Waals surface area contributed by atoms with Gasteiger partial charge in [0.2, 0.25) is 0 Å². The van der Waals surface area contributed by atoms with E-state index < -0.39 is 0 Å².